The largest absolute Gasteiger partial charge is 0.497 e. The van der Waals surface area contributed by atoms with Gasteiger partial charge in [0.1, 0.15) is 16.3 Å². The van der Waals surface area contributed by atoms with E-state index in [2.05, 4.69) is 17.2 Å². The monoisotopic (exact) mass is 385 g/mol. The highest BCUT2D eigenvalue weighted by molar-refractivity contribution is 7.13. The summed E-state index contributed by atoms with van der Waals surface area (Å²) in [6.07, 6.45) is 3.79. The zero-order chi connectivity index (χ0) is 19.0. The van der Waals surface area contributed by atoms with Gasteiger partial charge in [0.15, 0.2) is 0 Å². The minimum atomic E-state index is -0.718. The number of carbonyl (C=O) groups is 2. The third-order valence-corrected chi connectivity index (χ3v) is 6.65. The fourth-order valence-electron chi connectivity index (χ4n) is 4.05. The van der Waals surface area contributed by atoms with Crippen molar-refractivity contribution in [1.29, 1.82) is 0 Å². The van der Waals surface area contributed by atoms with Crippen LogP contribution in [0.3, 0.4) is 0 Å². The van der Waals surface area contributed by atoms with E-state index in [0.29, 0.717) is 0 Å². The van der Waals surface area contributed by atoms with Crippen LogP contribution in [0.2, 0.25) is 0 Å². The van der Waals surface area contributed by atoms with Gasteiger partial charge in [-0.25, -0.2) is 9.78 Å². The van der Waals surface area contributed by atoms with E-state index in [0.717, 1.165) is 47.7 Å². The Hall–Kier alpha value is -2.41. The van der Waals surface area contributed by atoms with Crippen LogP contribution in [0.5, 0.6) is 5.75 Å². The molecule has 1 spiro atoms. The Bertz CT molecular complexity index is 864. The van der Waals surface area contributed by atoms with Crippen molar-refractivity contribution in [2.75, 3.05) is 7.11 Å². The molecule has 2 heterocycles. The van der Waals surface area contributed by atoms with E-state index in [1.165, 1.54) is 16.2 Å². The van der Waals surface area contributed by atoms with Crippen molar-refractivity contribution in [2.24, 2.45) is 5.92 Å². The van der Waals surface area contributed by atoms with Gasteiger partial charge in [-0.05, 0) is 43.0 Å². The maximum Gasteiger partial charge on any atom is 0.325 e. The maximum atomic E-state index is 13.1. The average molecular weight is 385 g/mol. The van der Waals surface area contributed by atoms with Gasteiger partial charge in [-0.3, -0.25) is 9.69 Å². The van der Waals surface area contributed by atoms with Crippen LogP contribution in [0.15, 0.2) is 29.6 Å². The summed E-state index contributed by atoms with van der Waals surface area (Å²) in [6, 6.07) is 7.39. The lowest BCUT2D eigenvalue weighted by molar-refractivity contribution is -0.134. The number of imide groups is 1. The third-order valence-electron chi connectivity index (χ3n) is 5.71. The fraction of sp³-hybridized carbons (Fsp3) is 0.450. The van der Waals surface area contributed by atoms with E-state index >= 15 is 0 Å². The molecule has 2 aliphatic rings. The summed E-state index contributed by atoms with van der Waals surface area (Å²) in [5, 5.41) is 5.76. The second-order valence-electron chi connectivity index (χ2n) is 7.31. The number of hydrogen-bond donors (Lipinski definition) is 1. The summed E-state index contributed by atoms with van der Waals surface area (Å²) < 4.78 is 5.18. The predicted molar refractivity (Wildman–Crippen MR) is 104 cm³/mol. The van der Waals surface area contributed by atoms with Gasteiger partial charge in [0.2, 0.25) is 0 Å². The molecule has 1 aliphatic carbocycles. The number of thiazole rings is 1. The number of rotatable bonds is 4. The van der Waals surface area contributed by atoms with Crippen LogP contribution in [0.25, 0.3) is 10.6 Å². The van der Waals surface area contributed by atoms with Gasteiger partial charge in [0.05, 0.1) is 19.3 Å². The molecule has 1 saturated heterocycles. The molecule has 7 heteroatoms. The standard InChI is InChI=1S/C20H23N3O3S/c1-13-5-3-4-10-20(13)18(24)23(19(25)22-20)11-15-12-27-17(21-15)14-6-8-16(26-2)9-7-14/h6-9,12-13H,3-5,10-11H2,1-2H3,(H,22,25)/t13-,20-/m1/s1. The summed E-state index contributed by atoms with van der Waals surface area (Å²) in [4.78, 5) is 31.5. The minimum absolute atomic E-state index is 0.0984. The zero-order valence-corrected chi connectivity index (χ0v) is 16.3. The first-order valence-electron chi connectivity index (χ1n) is 9.26. The molecule has 142 valence electrons. The van der Waals surface area contributed by atoms with Gasteiger partial charge in [0.25, 0.3) is 5.91 Å². The number of ether oxygens (including phenoxy) is 1. The van der Waals surface area contributed by atoms with E-state index < -0.39 is 5.54 Å². The van der Waals surface area contributed by atoms with Crippen LogP contribution < -0.4 is 10.1 Å². The molecule has 27 heavy (non-hydrogen) atoms. The topological polar surface area (TPSA) is 71.5 Å². The van der Waals surface area contributed by atoms with Crippen molar-refractivity contribution in [2.45, 2.75) is 44.7 Å². The quantitative estimate of drug-likeness (QED) is 0.812. The van der Waals surface area contributed by atoms with Gasteiger partial charge in [-0.2, -0.15) is 0 Å². The molecule has 1 aromatic carbocycles. The smallest absolute Gasteiger partial charge is 0.325 e. The highest BCUT2D eigenvalue weighted by atomic mass is 32.1. The van der Waals surface area contributed by atoms with E-state index in [1.807, 2.05) is 29.6 Å². The van der Waals surface area contributed by atoms with Crippen LogP contribution in [0.1, 0.15) is 38.3 Å². The van der Waals surface area contributed by atoms with E-state index in [4.69, 9.17) is 4.74 Å². The van der Waals surface area contributed by atoms with Crippen molar-refractivity contribution < 1.29 is 14.3 Å². The highest BCUT2D eigenvalue weighted by Crippen LogP contribution is 2.38. The number of aromatic nitrogens is 1. The molecular weight excluding hydrogens is 362 g/mol. The van der Waals surface area contributed by atoms with E-state index in [-0.39, 0.29) is 24.4 Å². The summed E-state index contributed by atoms with van der Waals surface area (Å²) in [5.74, 6) is 0.860. The average Bonchev–Trinajstić information content (AvgIpc) is 3.24. The lowest BCUT2D eigenvalue weighted by Crippen LogP contribution is -2.53. The van der Waals surface area contributed by atoms with E-state index in [1.54, 1.807) is 7.11 Å². The number of hydrogen-bond acceptors (Lipinski definition) is 5. The molecule has 2 atom stereocenters. The second-order valence-corrected chi connectivity index (χ2v) is 8.17. The van der Waals surface area contributed by atoms with Crippen LogP contribution in [-0.4, -0.2) is 34.5 Å². The molecule has 1 saturated carbocycles. The highest BCUT2D eigenvalue weighted by Gasteiger charge is 2.54. The molecule has 2 fully saturated rings. The second kappa shape index (κ2) is 6.96. The van der Waals surface area contributed by atoms with Gasteiger partial charge in [-0.15, -0.1) is 11.3 Å². The molecule has 2 aromatic rings. The Morgan fingerprint density at radius 3 is 2.78 bits per heavy atom. The number of benzene rings is 1. The first kappa shape index (κ1) is 18.0. The summed E-state index contributed by atoms with van der Waals surface area (Å²) in [7, 11) is 1.63. The van der Waals surface area contributed by atoms with Gasteiger partial charge < -0.3 is 10.1 Å². The molecule has 0 unspecified atom stereocenters. The van der Waals surface area contributed by atoms with Gasteiger partial charge in [0, 0.05) is 10.9 Å². The molecule has 3 amide bonds. The number of nitrogens with zero attached hydrogens (tertiary/aromatic N) is 2. The van der Waals surface area contributed by atoms with Gasteiger partial charge in [-0.1, -0.05) is 19.8 Å². The van der Waals surface area contributed by atoms with Crippen molar-refractivity contribution in [3.63, 3.8) is 0 Å². The van der Waals surface area contributed by atoms with E-state index in [9.17, 15) is 9.59 Å². The molecule has 1 N–H and O–H groups in total. The lowest BCUT2D eigenvalue weighted by Gasteiger charge is -2.36. The van der Waals surface area contributed by atoms with Crippen molar-refractivity contribution in [1.82, 2.24) is 15.2 Å². The van der Waals surface area contributed by atoms with Crippen LogP contribution in [0, 0.1) is 5.92 Å². The molecule has 0 bridgehead atoms. The number of amides is 3. The first-order valence-corrected chi connectivity index (χ1v) is 10.1. The molecule has 0 radical (unpaired) electrons. The predicted octanol–water partition coefficient (Wildman–Crippen LogP) is 3.82. The maximum absolute atomic E-state index is 13.1. The molecular formula is C20H23N3O3S. The number of carbonyl (C=O) groups excluding carboxylic acids is 2. The fourth-order valence-corrected chi connectivity index (χ4v) is 4.86. The Morgan fingerprint density at radius 1 is 1.30 bits per heavy atom. The molecule has 6 nitrogen and oxygen atoms in total. The number of nitrogens with one attached hydrogen (secondary N) is 1. The number of methoxy groups -OCH3 is 1. The lowest BCUT2D eigenvalue weighted by atomic mass is 9.73. The minimum Gasteiger partial charge on any atom is -0.497 e. The number of urea groups is 1. The van der Waals surface area contributed by atoms with Crippen LogP contribution >= 0.6 is 11.3 Å². The van der Waals surface area contributed by atoms with Crippen molar-refractivity contribution >= 4 is 23.3 Å². The summed E-state index contributed by atoms with van der Waals surface area (Å²) >= 11 is 1.51. The Kier molecular flexibility index (Phi) is 4.63. The SMILES string of the molecule is COc1ccc(-c2nc(CN3C(=O)N[C@@]4(CCCC[C@H]4C)C3=O)cs2)cc1. The normalized spacial score (nSPS) is 25.1. The molecule has 4 rings (SSSR count). The van der Waals surface area contributed by atoms with Crippen molar-refractivity contribution in [3.05, 3.63) is 35.3 Å². The Morgan fingerprint density at radius 2 is 2.07 bits per heavy atom. The molecule has 1 aromatic heterocycles. The third kappa shape index (κ3) is 3.10. The Labute approximate surface area is 162 Å². The van der Waals surface area contributed by atoms with Crippen molar-refractivity contribution in [3.8, 4) is 16.3 Å². The van der Waals surface area contributed by atoms with Crippen LogP contribution in [0.4, 0.5) is 4.79 Å². The van der Waals surface area contributed by atoms with Gasteiger partial charge >= 0.3 is 6.03 Å². The zero-order valence-electron chi connectivity index (χ0n) is 15.5. The summed E-state index contributed by atoms with van der Waals surface area (Å²) in [5.41, 5.74) is 1.00. The molecule has 1 aliphatic heterocycles. The summed E-state index contributed by atoms with van der Waals surface area (Å²) in [6.45, 7) is 2.28. The first-order chi connectivity index (χ1) is 13.0. The van der Waals surface area contributed by atoms with Crippen LogP contribution in [-0.2, 0) is 11.3 Å². The Balaban J connectivity index is 1.52.